The van der Waals surface area contributed by atoms with E-state index in [-0.39, 0.29) is 0 Å². The molecule has 0 saturated heterocycles. The number of thiazole rings is 1. The van der Waals surface area contributed by atoms with Gasteiger partial charge in [-0.25, -0.2) is 4.98 Å². The van der Waals surface area contributed by atoms with Gasteiger partial charge in [-0.15, -0.1) is 11.3 Å². The van der Waals surface area contributed by atoms with Gasteiger partial charge in [-0.2, -0.15) is 0 Å². The second kappa shape index (κ2) is 2.39. The molecule has 0 aliphatic carbocycles. The van der Waals surface area contributed by atoms with Gasteiger partial charge in [-0.1, -0.05) is 0 Å². The molecule has 2 heterocycles. The van der Waals surface area contributed by atoms with Gasteiger partial charge in [0.15, 0.2) is 6.29 Å². The van der Waals surface area contributed by atoms with Crippen LogP contribution >= 0.6 is 11.3 Å². The lowest BCUT2D eigenvalue weighted by Gasteiger charge is -1.87. The van der Waals surface area contributed by atoms with E-state index >= 15 is 0 Å². The van der Waals surface area contributed by atoms with Crippen molar-refractivity contribution in [3.63, 3.8) is 0 Å². The molecular formula is C7H4N2OS. The van der Waals surface area contributed by atoms with Crippen molar-refractivity contribution in [3.8, 4) is 0 Å². The second-order valence-electron chi connectivity index (χ2n) is 2.05. The molecule has 0 atom stereocenters. The Morgan fingerprint density at radius 2 is 2.36 bits per heavy atom. The van der Waals surface area contributed by atoms with E-state index in [2.05, 4.69) is 9.97 Å². The molecule has 2 aromatic rings. The van der Waals surface area contributed by atoms with E-state index in [9.17, 15) is 4.79 Å². The number of hydrogen-bond donors (Lipinski definition) is 0. The molecule has 0 N–H and O–H groups in total. The van der Waals surface area contributed by atoms with Crippen molar-refractivity contribution in [1.29, 1.82) is 0 Å². The molecule has 2 aromatic heterocycles. The molecule has 0 aromatic carbocycles. The van der Waals surface area contributed by atoms with E-state index in [4.69, 9.17) is 0 Å². The lowest BCUT2D eigenvalue weighted by Crippen LogP contribution is -1.83. The van der Waals surface area contributed by atoms with Crippen LogP contribution < -0.4 is 0 Å². The number of hydrogen-bond acceptors (Lipinski definition) is 4. The zero-order valence-corrected chi connectivity index (χ0v) is 6.34. The van der Waals surface area contributed by atoms with Crippen molar-refractivity contribution >= 4 is 27.8 Å². The van der Waals surface area contributed by atoms with E-state index in [0.717, 1.165) is 16.5 Å². The fourth-order valence-electron chi connectivity index (χ4n) is 0.841. The first-order chi connectivity index (χ1) is 5.40. The third-order valence-electron chi connectivity index (χ3n) is 1.36. The Balaban J connectivity index is 2.76. The number of rotatable bonds is 1. The van der Waals surface area contributed by atoms with Crippen molar-refractivity contribution in [3.05, 3.63) is 23.5 Å². The number of fused-ring (bicyclic) bond motifs is 1. The SMILES string of the molecule is O=Cc1cc2scnc2cn1. The minimum absolute atomic E-state index is 0.460. The third-order valence-corrected chi connectivity index (χ3v) is 2.15. The summed E-state index contributed by atoms with van der Waals surface area (Å²) in [5.41, 5.74) is 3.04. The minimum Gasteiger partial charge on any atom is -0.296 e. The highest BCUT2D eigenvalue weighted by molar-refractivity contribution is 7.16. The average Bonchev–Trinajstić information content (AvgIpc) is 2.50. The summed E-state index contributed by atoms with van der Waals surface area (Å²) in [6, 6.07) is 1.74. The van der Waals surface area contributed by atoms with Crippen molar-refractivity contribution < 1.29 is 4.79 Å². The number of carbonyl (C=O) groups is 1. The lowest BCUT2D eigenvalue weighted by molar-refractivity contribution is 0.111. The summed E-state index contributed by atoms with van der Waals surface area (Å²) in [5.74, 6) is 0. The summed E-state index contributed by atoms with van der Waals surface area (Å²) >= 11 is 1.51. The van der Waals surface area contributed by atoms with Gasteiger partial charge in [0.2, 0.25) is 0 Å². The monoisotopic (exact) mass is 164 g/mol. The number of pyridine rings is 1. The first-order valence-electron chi connectivity index (χ1n) is 3.04. The van der Waals surface area contributed by atoms with Crippen molar-refractivity contribution in [2.45, 2.75) is 0 Å². The molecule has 0 spiro atoms. The second-order valence-corrected chi connectivity index (χ2v) is 2.93. The molecule has 0 fully saturated rings. The van der Waals surface area contributed by atoms with Crippen LogP contribution in [0.2, 0.25) is 0 Å². The predicted molar refractivity (Wildman–Crippen MR) is 42.8 cm³/mol. The van der Waals surface area contributed by atoms with E-state index in [1.165, 1.54) is 11.3 Å². The Bertz CT molecular complexity index is 396. The van der Waals surface area contributed by atoms with Crippen LogP contribution in [0.3, 0.4) is 0 Å². The maximum Gasteiger partial charge on any atom is 0.168 e. The number of aromatic nitrogens is 2. The Morgan fingerprint density at radius 3 is 3.18 bits per heavy atom. The Morgan fingerprint density at radius 1 is 1.45 bits per heavy atom. The zero-order valence-electron chi connectivity index (χ0n) is 5.52. The molecule has 0 aliphatic rings. The highest BCUT2D eigenvalue weighted by atomic mass is 32.1. The molecule has 4 heteroatoms. The molecule has 0 saturated carbocycles. The van der Waals surface area contributed by atoms with Gasteiger partial charge < -0.3 is 0 Å². The molecule has 0 amide bonds. The smallest absolute Gasteiger partial charge is 0.168 e. The molecule has 54 valence electrons. The molecular weight excluding hydrogens is 160 g/mol. The van der Waals surface area contributed by atoms with Gasteiger partial charge in [0.1, 0.15) is 5.69 Å². The molecule has 0 radical (unpaired) electrons. The number of nitrogens with zero attached hydrogens (tertiary/aromatic N) is 2. The fraction of sp³-hybridized carbons (Fsp3) is 0. The van der Waals surface area contributed by atoms with Gasteiger partial charge in [0.05, 0.1) is 21.9 Å². The highest BCUT2D eigenvalue weighted by Crippen LogP contribution is 2.16. The summed E-state index contributed by atoms with van der Waals surface area (Å²) < 4.78 is 1.00. The molecule has 0 unspecified atom stereocenters. The Labute approximate surface area is 66.7 Å². The Hall–Kier alpha value is -1.29. The van der Waals surface area contributed by atoms with Gasteiger partial charge in [-0.05, 0) is 6.07 Å². The van der Waals surface area contributed by atoms with Crippen LogP contribution in [0, 0.1) is 0 Å². The summed E-state index contributed by atoms with van der Waals surface area (Å²) in [6.45, 7) is 0. The van der Waals surface area contributed by atoms with Crippen LogP contribution in [0.15, 0.2) is 17.8 Å². The van der Waals surface area contributed by atoms with Gasteiger partial charge in [0, 0.05) is 0 Å². The Kier molecular flexibility index (Phi) is 1.40. The van der Waals surface area contributed by atoms with E-state index in [1.54, 1.807) is 17.8 Å². The lowest BCUT2D eigenvalue weighted by atomic mass is 10.4. The quantitative estimate of drug-likeness (QED) is 0.600. The summed E-state index contributed by atoms with van der Waals surface area (Å²) in [5, 5.41) is 0. The van der Waals surface area contributed by atoms with E-state index in [1.807, 2.05) is 0 Å². The summed E-state index contributed by atoms with van der Waals surface area (Å²) in [4.78, 5) is 18.2. The van der Waals surface area contributed by atoms with Crippen LogP contribution in [0.1, 0.15) is 10.5 Å². The topological polar surface area (TPSA) is 42.9 Å². The standard InChI is InChI=1S/C7H4N2OS/c10-3-5-1-7-6(2-8-5)9-4-11-7/h1-4H. The highest BCUT2D eigenvalue weighted by Gasteiger charge is 1.97. The summed E-state index contributed by atoms with van der Waals surface area (Å²) in [6.07, 6.45) is 2.34. The van der Waals surface area contributed by atoms with Gasteiger partial charge >= 0.3 is 0 Å². The molecule has 2 rings (SSSR count). The van der Waals surface area contributed by atoms with Gasteiger partial charge in [-0.3, -0.25) is 9.78 Å². The van der Waals surface area contributed by atoms with E-state index < -0.39 is 0 Å². The van der Waals surface area contributed by atoms with Crippen LogP contribution in [0.5, 0.6) is 0 Å². The maximum absolute atomic E-state index is 10.3. The van der Waals surface area contributed by atoms with Crippen molar-refractivity contribution in [2.75, 3.05) is 0 Å². The maximum atomic E-state index is 10.3. The first kappa shape index (κ1) is 6.42. The first-order valence-corrected chi connectivity index (χ1v) is 3.92. The van der Waals surface area contributed by atoms with Crippen LogP contribution in [-0.2, 0) is 0 Å². The third kappa shape index (κ3) is 1.01. The van der Waals surface area contributed by atoms with Crippen LogP contribution in [0.25, 0.3) is 10.2 Å². The van der Waals surface area contributed by atoms with Gasteiger partial charge in [0.25, 0.3) is 0 Å². The van der Waals surface area contributed by atoms with Crippen LogP contribution in [-0.4, -0.2) is 16.3 Å². The summed E-state index contributed by atoms with van der Waals surface area (Å²) in [7, 11) is 0. The van der Waals surface area contributed by atoms with E-state index in [0.29, 0.717) is 5.69 Å². The largest absolute Gasteiger partial charge is 0.296 e. The minimum atomic E-state index is 0.460. The molecule has 11 heavy (non-hydrogen) atoms. The van der Waals surface area contributed by atoms with Crippen molar-refractivity contribution in [2.24, 2.45) is 0 Å². The predicted octanol–water partition coefficient (Wildman–Crippen LogP) is 1.50. The normalized spacial score (nSPS) is 10.2. The molecule has 0 bridgehead atoms. The molecule has 3 nitrogen and oxygen atoms in total. The number of aldehydes is 1. The number of carbonyl (C=O) groups excluding carboxylic acids is 1. The molecule has 0 aliphatic heterocycles. The zero-order chi connectivity index (χ0) is 7.68. The van der Waals surface area contributed by atoms with Crippen LogP contribution in [0.4, 0.5) is 0 Å². The average molecular weight is 164 g/mol. The fourth-order valence-corrected chi connectivity index (χ4v) is 1.54. The van der Waals surface area contributed by atoms with Crippen molar-refractivity contribution in [1.82, 2.24) is 9.97 Å².